The highest BCUT2D eigenvalue weighted by atomic mass is 14.3. The molecule has 0 radical (unpaired) electrons. The average Bonchev–Trinajstić information content (AvgIpc) is 3.04. The van der Waals surface area contributed by atoms with Crippen LogP contribution in [0.1, 0.15) is 117 Å². The van der Waals surface area contributed by atoms with Crippen LogP contribution >= 0.6 is 0 Å². The van der Waals surface area contributed by atoms with Gasteiger partial charge in [0.15, 0.2) is 0 Å². The Labute approximate surface area is 261 Å². The van der Waals surface area contributed by atoms with E-state index in [4.69, 9.17) is 0 Å². The van der Waals surface area contributed by atoms with Crippen molar-refractivity contribution in [2.75, 3.05) is 0 Å². The molecule has 42 heavy (non-hydrogen) atoms. The number of aryl methyl sites for hydroxylation is 3. The number of rotatable bonds is 6. The first-order chi connectivity index (χ1) is 20.2. The van der Waals surface area contributed by atoms with Crippen molar-refractivity contribution in [2.24, 2.45) is 5.41 Å². The van der Waals surface area contributed by atoms with Crippen LogP contribution in [0.25, 0.3) is 16.7 Å². The fourth-order valence-corrected chi connectivity index (χ4v) is 3.87. The third kappa shape index (κ3) is 14.2. The van der Waals surface area contributed by atoms with Gasteiger partial charge in [-0.15, -0.1) is 0 Å². The molecular formula is C42H62. The number of benzene rings is 3. The van der Waals surface area contributed by atoms with Gasteiger partial charge < -0.3 is 0 Å². The third-order valence-electron chi connectivity index (χ3n) is 7.29. The van der Waals surface area contributed by atoms with Crippen LogP contribution < -0.4 is 0 Å². The van der Waals surface area contributed by atoms with Crippen molar-refractivity contribution >= 4 is 5.57 Å². The summed E-state index contributed by atoms with van der Waals surface area (Å²) in [4.78, 5) is 0. The van der Waals surface area contributed by atoms with Gasteiger partial charge in [0.2, 0.25) is 0 Å². The zero-order chi connectivity index (χ0) is 32.0. The predicted octanol–water partition coefficient (Wildman–Crippen LogP) is 13.6. The first-order valence-corrected chi connectivity index (χ1v) is 16.5. The van der Waals surface area contributed by atoms with Gasteiger partial charge in [0.1, 0.15) is 0 Å². The van der Waals surface area contributed by atoms with Crippen LogP contribution in [0.5, 0.6) is 0 Å². The maximum atomic E-state index is 4.09. The van der Waals surface area contributed by atoms with Crippen molar-refractivity contribution in [1.82, 2.24) is 0 Å². The van der Waals surface area contributed by atoms with Gasteiger partial charge in [-0.2, -0.15) is 0 Å². The molecule has 1 aliphatic carbocycles. The van der Waals surface area contributed by atoms with Crippen LogP contribution in [0.15, 0.2) is 103 Å². The van der Waals surface area contributed by atoms with E-state index in [1.165, 1.54) is 63.8 Å². The Morgan fingerprint density at radius 2 is 1.05 bits per heavy atom. The Bertz CT molecular complexity index is 1150. The molecule has 3 aromatic rings. The van der Waals surface area contributed by atoms with Crippen LogP contribution in [-0.2, 0) is 12.8 Å². The first-order valence-electron chi connectivity index (χ1n) is 16.5. The van der Waals surface area contributed by atoms with Crippen molar-refractivity contribution in [2.45, 2.75) is 115 Å². The van der Waals surface area contributed by atoms with Gasteiger partial charge in [-0.25, -0.2) is 0 Å². The molecule has 230 valence electrons. The maximum Gasteiger partial charge on any atom is 0.00950 e. The second-order valence-electron chi connectivity index (χ2n) is 11.1. The Morgan fingerprint density at radius 1 is 0.667 bits per heavy atom. The normalized spacial score (nSPS) is 14.7. The molecule has 0 amide bonds. The van der Waals surface area contributed by atoms with E-state index < -0.39 is 0 Å². The number of unbranched alkanes of at least 4 members (excludes halogenated alkanes) is 1. The Balaban J connectivity index is 0.000000631. The van der Waals surface area contributed by atoms with Gasteiger partial charge in [-0.3, -0.25) is 0 Å². The van der Waals surface area contributed by atoms with Crippen molar-refractivity contribution < 1.29 is 0 Å². The molecule has 4 rings (SSSR count). The monoisotopic (exact) mass is 566 g/mol. The molecule has 0 heteroatoms. The topological polar surface area (TPSA) is 0 Å². The summed E-state index contributed by atoms with van der Waals surface area (Å²) in [5.41, 5.74) is 10.7. The van der Waals surface area contributed by atoms with Crippen LogP contribution in [0.4, 0.5) is 0 Å². The lowest BCUT2D eigenvalue weighted by atomic mass is 9.76. The highest BCUT2D eigenvalue weighted by Gasteiger charge is 2.23. The van der Waals surface area contributed by atoms with Crippen LogP contribution in [0, 0.1) is 12.3 Å². The summed E-state index contributed by atoms with van der Waals surface area (Å²) in [5.74, 6) is 0. The molecule has 0 spiro atoms. The van der Waals surface area contributed by atoms with Crippen molar-refractivity contribution in [3.63, 3.8) is 0 Å². The molecule has 0 fully saturated rings. The van der Waals surface area contributed by atoms with Gasteiger partial charge in [0, 0.05) is 5.41 Å². The highest BCUT2D eigenvalue weighted by Crippen LogP contribution is 2.37. The summed E-state index contributed by atoms with van der Waals surface area (Å²) in [6, 6.07) is 26.3. The molecule has 0 saturated heterocycles. The molecule has 0 N–H and O–H groups in total. The van der Waals surface area contributed by atoms with E-state index in [9.17, 15) is 0 Å². The fourth-order valence-electron chi connectivity index (χ4n) is 3.87. The zero-order valence-corrected chi connectivity index (χ0v) is 29.1. The van der Waals surface area contributed by atoms with Gasteiger partial charge >= 0.3 is 0 Å². The minimum atomic E-state index is 0.132. The predicted molar refractivity (Wildman–Crippen MR) is 194 cm³/mol. The number of hydrogen-bond donors (Lipinski definition) is 0. The summed E-state index contributed by atoms with van der Waals surface area (Å²) >= 11 is 0. The summed E-state index contributed by atoms with van der Waals surface area (Å²) in [5, 5.41) is 0. The second kappa shape index (κ2) is 22.5. The molecule has 0 aromatic heterocycles. The van der Waals surface area contributed by atoms with Crippen molar-refractivity contribution in [1.29, 1.82) is 0 Å². The molecule has 1 unspecified atom stereocenters. The van der Waals surface area contributed by atoms with Crippen LogP contribution in [-0.4, -0.2) is 0 Å². The second-order valence-corrected chi connectivity index (χ2v) is 11.1. The molecule has 0 saturated carbocycles. The minimum Gasteiger partial charge on any atom is -0.0993 e. The smallest absolute Gasteiger partial charge is 0.00950 e. The molecule has 3 aromatic carbocycles. The average molecular weight is 567 g/mol. The van der Waals surface area contributed by atoms with E-state index in [0.29, 0.717) is 0 Å². The van der Waals surface area contributed by atoms with Gasteiger partial charge in [-0.1, -0.05) is 190 Å². The van der Waals surface area contributed by atoms with E-state index in [1.807, 2.05) is 13.8 Å². The number of allylic oxidation sites excluding steroid dienone is 5. The van der Waals surface area contributed by atoms with E-state index in [0.717, 1.165) is 19.3 Å². The maximum absolute atomic E-state index is 4.09. The highest BCUT2D eigenvalue weighted by molar-refractivity contribution is 5.75. The molecule has 1 atom stereocenters. The van der Waals surface area contributed by atoms with Crippen LogP contribution in [0.2, 0.25) is 0 Å². The quantitative estimate of drug-likeness (QED) is 0.260. The molecular weight excluding hydrogens is 504 g/mol. The van der Waals surface area contributed by atoms with Gasteiger partial charge in [-0.05, 0) is 66.5 Å². The van der Waals surface area contributed by atoms with Gasteiger partial charge in [0.05, 0.1) is 0 Å². The van der Waals surface area contributed by atoms with Crippen LogP contribution in [0.3, 0.4) is 0 Å². The summed E-state index contributed by atoms with van der Waals surface area (Å²) in [6.07, 6.45) is 14.0. The summed E-state index contributed by atoms with van der Waals surface area (Å²) in [7, 11) is 0. The SMILES string of the molecule is C=C(C)C1(C)C=CC(c2ccc(CC)cc2)=CC1.CC.CCC.CCCC.CCc1ccc(-c2ccc(C)cc2)cc1. The molecule has 0 heterocycles. The Hall–Kier alpha value is -3.12. The largest absolute Gasteiger partial charge is 0.0993 e. The molecule has 1 aliphatic rings. The van der Waals surface area contributed by atoms with E-state index in [2.05, 4.69) is 160 Å². The summed E-state index contributed by atoms with van der Waals surface area (Å²) in [6.45, 7) is 27.5. The van der Waals surface area contributed by atoms with Crippen molar-refractivity contribution in [3.05, 3.63) is 125 Å². The van der Waals surface area contributed by atoms with E-state index >= 15 is 0 Å². The number of hydrogen-bond acceptors (Lipinski definition) is 0. The molecule has 0 bridgehead atoms. The minimum absolute atomic E-state index is 0.132. The van der Waals surface area contributed by atoms with E-state index in [-0.39, 0.29) is 5.41 Å². The molecule has 0 nitrogen and oxygen atoms in total. The first kappa shape index (κ1) is 38.9. The fraction of sp³-hybridized carbons (Fsp3) is 0.429. The lowest BCUT2D eigenvalue weighted by Gasteiger charge is -2.28. The zero-order valence-electron chi connectivity index (χ0n) is 29.1. The van der Waals surface area contributed by atoms with Crippen molar-refractivity contribution in [3.8, 4) is 11.1 Å². The Morgan fingerprint density at radius 3 is 1.36 bits per heavy atom. The lowest BCUT2D eigenvalue weighted by Crippen LogP contribution is -2.15. The summed E-state index contributed by atoms with van der Waals surface area (Å²) < 4.78 is 0. The standard InChI is InChI=1S/C18H22.C15H16.C4H10.C3H8.C2H6/c1-5-15-6-8-16(9-7-15)17-10-12-18(4,13-11-17)14(2)3;1-3-13-6-10-15(11-7-13)14-8-4-12(2)5-9-14;1-3-4-2;1-3-2;1-2/h6-12H,2,5,13H2,1,3-4H3;4-11H,3H2,1-2H3;3-4H2,1-2H3;3H2,1-2H3;1-2H3. The molecule has 0 aliphatic heterocycles. The van der Waals surface area contributed by atoms with Gasteiger partial charge in [0.25, 0.3) is 0 Å². The Kier molecular flexibility index (Phi) is 20.8. The third-order valence-corrected chi connectivity index (χ3v) is 7.29. The van der Waals surface area contributed by atoms with E-state index in [1.54, 1.807) is 0 Å². The lowest BCUT2D eigenvalue weighted by molar-refractivity contribution is 0.521.